The van der Waals surface area contributed by atoms with Crippen molar-refractivity contribution in [2.24, 2.45) is 53.3 Å². The molecule has 2 N–H and O–H groups in total. The summed E-state index contributed by atoms with van der Waals surface area (Å²) in [4.78, 5) is 35.4. The summed E-state index contributed by atoms with van der Waals surface area (Å²) in [5.74, 6) is -0.697. The van der Waals surface area contributed by atoms with E-state index in [9.17, 15) is 39.6 Å². The van der Waals surface area contributed by atoms with Crippen molar-refractivity contribution in [1.29, 1.82) is 0 Å². The summed E-state index contributed by atoms with van der Waals surface area (Å²) in [6, 6.07) is 0. The van der Waals surface area contributed by atoms with Crippen LogP contribution in [0.1, 0.15) is 127 Å². The Bertz CT molecular complexity index is 1500. The van der Waals surface area contributed by atoms with E-state index in [1.807, 2.05) is 27.7 Å². The summed E-state index contributed by atoms with van der Waals surface area (Å²) in [6.07, 6.45) is 6.50. The second-order valence-corrected chi connectivity index (χ2v) is 22.2. The van der Waals surface area contributed by atoms with E-state index in [1.54, 1.807) is 20.8 Å². The van der Waals surface area contributed by atoms with Gasteiger partial charge in [-0.1, -0.05) is 67.7 Å². The zero-order valence-electron chi connectivity index (χ0n) is 38.0. The molecule has 0 aromatic rings. The normalized spacial score (nSPS) is 26.4. The van der Waals surface area contributed by atoms with Gasteiger partial charge in [0.1, 0.15) is 0 Å². The first kappa shape index (κ1) is 58.4. The maximum atomic E-state index is 12.4. The number of carbonyl (C=O) groups is 3. The first-order valence-corrected chi connectivity index (χ1v) is 27.8. The molecule has 3 aliphatic rings. The van der Waals surface area contributed by atoms with Crippen LogP contribution >= 0.6 is 10.7 Å². The molecule has 0 bridgehead atoms. The van der Waals surface area contributed by atoms with Crippen molar-refractivity contribution < 1.29 is 58.4 Å². The van der Waals surface area contributed by atoms with Crippen LogP contribution in [0.4, 0.5) is 0 Å². The predicted molar refractivity (Wildman–Crippen MR) is 237 cm³/mol. The molecule has 3 fully saturated rings. The minimum absolute atomic E-state index is 0.0168. The number of carbonyl (C=O) groups excluding carboxylic acids is 3. The fraction of sp³-hybridized carbons (Fsp3) is 0.927. The molecular formula is C41H79ClN2O13S3. The highest BCUT2D eigenvalue weighted by atomic mass is 35.7. The summed E-state index contributed by atoms with van der Waals surface area (Å²) < 4.78 is 93.9. The van der Waals surface area contributed by atoms with Crippen LogP contribution in [0.25, 0.3) is 0 Å². The topological polar surface area (TPSA) is 217 Å². The van der Waals surface area contributed by atoms with Gasteiger partial charge in [-0.2, -0.15) is 8.42 Å². The van der Waals surface area contributed by atoms with Gasteiger partial charge in [0.15, 0.2) is 0 Å². The minimum atomic E-state index is -3.95. The van der Waals surface area contributed by atoms with E-state index < -0.39 is 29.2 Å². The molecule has 19 heteroatoms. The molecule has 356 valence electrons. The molecule has 9 unspecified atom stereocenters. The third-order valence-electron chi connectivity index (χ3n) is 11.6. The number of sulfonamides is 1. The van der Waals surface area contributed by atoms with Gasteiger partial charge in [-0.15, -0.1) is 0 Å². The molecule has 9 atom stereocenters. The van der Waals surface area contributed by atoms with Crippen molar-refractivity contribution in [3.63, 3.8) is 0 Å². The van der Waals surface area contributed by atoms with Gasteiger partial charge in [0, 0.05) is 23.8 Å². The smallest absolute Gasteiger partial charge is 0.309 e. The molecule has 0 radical (unpaired) electrons. The number of nitrogens with one attached hydrogen (secondary N) is 1. The monoisotopic (exact) mass is 938 g/mol. The molecule has 0 aliphatic heterocycles. The lowest BCUT2D eigenvalue weighted by Gasteiger charge is -2.20. The molecule has 0 aromatic carbocycles. The lowest BCUT2D eigenvalue weighted by Crippen LogP contribution is -2.34. The Morgan fingerprint density at radius 1 is 0.550 bits per heavy atom. The number of halogens is 1. The highest BCUT2D eigenvalue weighted by molar-refractivity contribution is 8.13. The van der Waals surface area contributed by atoms with E-state index in [2.05, 4.69) is 26.1 Å². The third-order valence-corrected chi connectivity index (χ3v) is 16.0. The number of hydrogen-bond donors (Lipinski definition) is 2. The fourth-order valence-electron chi connectivity index (χ4n) is 8.95. The summed E-state index contributed by atoms with van der Waals surface area (Å²) in [5, 5.41) is 3.11. The summed E-state index contributed by atoms with van der Waals surface area (Å²) in [6.45, 7) is 23.6. The Morgan fingerprint density at radius 2 is 0.867 bits per heavy atom. The lowest BCUT2D eigenvalue weighted by atomic mass is 9.94. The Kier molecular flexibility index (Phi) is 29.0. The SMILES string of the molecule is CCNCC.CCOC(=O)C1CC(CS(=O)(=O)Cl)CC1CC.CCOC(=O)C1CC(CS(=O)(=O)N(CC)CC)CC1CC.CCOC(=O)C1CC(CS(=O)(=O)O)CC1CC. The molecule has 15 nitrogen and oxygen atoms in total. The number of hydrogen-bond acceptors (Lipinski definition) is 13. The molecule has 0 spiro atoms. The second kappa shape index (κ2) is 29.7. The standard InChI is InChI=1S/C15H29NO4S.C11H19ClO4S.C11H20O5S.C4H11N/c1-5-13-9-12(10-14(13)15(17)20-8-4)11-21(18,19)16(6-2)7-3;1-3-9-5-8(7-17(12,14)15)6-10(9)11(13)16-4-2;1-3-9-5-8(7-17(13,14)15)6-10(9)11(12)16-4-2;1-3-5-4-2/h12-14H,5-11H2,1-4H3;8-10H,3-7H2,1-2H3;8-10H,3-7H2,1-2H3,(H,13,14,15);5H,3-4H2,1-2H3. The molecule has 0 saturated heterocycles. The first-order chi connectivity index (χ1) is 28.0. The minimum Gasteiger partial charge on any atom is -0.466 e. The highest BCUT2D eigenvalue weighted by Crippen LogP contribution is 2.42. The van der Waals surface area contributed by atoms with Crippen LogP contribution in [0.5, 0.6) is 0 Å². The van der Waals surface area contributed by atoms with Crippen LogP contribution in [0.2, 0.25) is 0 Å². The summed E-state index contributed by atoms with van der Waals surface area (Å²) in [7, 11) is -5.40. The lowest BCUT2D eigenvalue weighted by molar-refractivity contribution is -0.150. The van der Waals surface area contributed by atoms with Crippen LogP contribution in [-0.2, 0) is 57.8 Å². The van der Waals surface area contributed by atoms with Gasteiger partial charge >= 0.3 is 17.9 Å². The van der Waals surface area contributed by atoms with Crippen LogP contribution in [-0.4, -0.2) is 115 Å². The number of rotatable bonds is 20. The Hall–Kier alpha value is -1.57. The van der Waals surface area contributed by atoms with E-state index in [1.165, 1.54) is 4.31 Å². The van der Waals surface area contributed by atoms with E-state index >= 15 is 0 Å². The van der Waals surface area contributed by atoms with Gasteiger partial charge in [0.25, 0.3) is 10.1 Å². The van der Waals surface area contributed by atoms with E-state index in [0.29, 0.717) is 58.6 Å². The Labute approximate surface area is 367 Å². The molecule has 0 amide bonds. The maximum Gasteiger partial charge on any atom is 0.309 e. The van der Waals surface area contributed by atoms with Gasteiger partial charge in [0.05, 0.1) is 54.8 Å². The molecular weight excluding hydrogens is 860 g/mol. The van der Waals surface area contributed by atoms with Gasteiger partial charge in [0.2, 0.25) is 19.1 Å². The largest absolute Gasteiger partial charge is 0.466 e. The molecule has 3 aliphatic carbocycles. The molecule has 0 aromatic heterocycles. The van der Waals surface area contributed by atoms with Gasteiger partial charge in [-0.25, -0.2) is 21.1 Å². The Morgan fingerprint density at radius 3 is 1.10 bits per heavy atom. The van der Waals surface area contributed by atoms with Crippen molar-refractivity contribution >= 4 is 57.8 Å². The van der Waals surface area contributed by atoms with Crippen molar-refractivity contribution in [2.45, 2.75) is 127 Å². The zero-order valence-corrected chi connectivity index (χ0v) is 41.2. The predicted octanol–water partition coefficient (Wildman–Crippen LogP) is 6.55. The van der Waals surface area contributed by atoms with Crippen molar-refractivity contribution in [3.8, 4) is 0 Å². The van der Waals surface area contributed by atoms with Crippen LogP contribution in [0.15, 0.2) is 0 Å². The average molecular weight is 940 g/mol. The third kappa shape index (κ3) is 22.2. The van der Waals surface area contributed by atoms with Crippen LogP contribution in [0, 0.1) is 53.3 Å². The van der Waals surface area contributed by atoms with Crippen LogP contribution < -0.4 is 5.32 Å². The summed E-state index contributed by atoms with van der Waals surface area (Å²) >= 11 is 0. The number of nitrogens with zero attached hydrogens (tertiary/aromatic N) is 1. The number of ether oxygens (including phenoxy) is 3. The molecule has 0 heterocycles. The fourth-order valence-corrected chi connectivity index (χ4v) is 13.0. The first-order valence-electron chi connectivity index (χ1n) is 22.1. The van der Waals surface area contributed by atoms with Gasteiger partial charge in [-0.3, -0.25) is 18.9 Å². The molecule has 3 rings (SSSR count). The van der Waals surface area contributed by atoms with Crippen molar-refractivity contribution in [3.05, 3.63) is 0 Å². The van der Waals surface area contributed by atoms with Crippen molar-refractivity contribution in [2.75, 3.05) is 63.3 Å². The van der Waals surface area contributed by atoms with E-state index in [4.69, 9.17) is 29.4 Å². The van der Waals surface area contributed by atoms with Gasteiger partial charge < -0.3 is 19.5 Å². The average Bonchev–Trinajstić information content (AvgIpc) is 3.88. The Balaban J connectivity index is 0.000000827. The molecule has 3 saturated carbocycles. The van der Waals surface area contributed by atoms with Crippen LogP contribution in [0.3, 0.4) is 0 Å². The zero-order chi connectivity index (χ0) is 46.3. The van der Waals surface area contributed by atoms with E-state index in [-0.39, 0.29) is 88.4 Å². The second-order valence-electron chi connectivity index (χ2n) is 15.9. The molecule has 60 heavy (non-hydrogen) atoms. The highest BCUT2D eigenvalue weighted by Gasteiger charge is 2.42. The number of esters is 3. The van der Waals surface area contributed by atoms with E-state index in [0.717, 1.165) is 45.2 Å². The maximum absolute atomic E-state index is 12.4. The van der Waals surface area contributed by atoms with Gasteiger partial charge in [-0.05, 0) is 108 Å². The summed E-state index contributed by atoms with van der Waals surface area (Å²) in [5.41, 5.74) is 0. The quantitative estimate of drug-likeness (QED) is 0.0573. The van der Waals surface area contributed by atoms with Crippen molar-refractivity contribution in [1.82, 2.24) is 9.62 Å².